The van der Waals surface area contributed by atoms with Gasteiger partial charge in [-0.15, -0.1) is 0 Å². The summed E-state index contributed by atoms with van der Waals surface area (Å²) in [6, 6.07) is 16.9. The minimum absolute atomic E-state index is 0.0436. The number of benzene rings is 2. The highest BCUT2D eigenvalue weighted by atomic mass is 19.1. The molecule has 32 heavy (non-hydrogen) atoms. The molecule has 0 spiro atoms. The van der Waals surface area contributed by atoms with Crippen LogP contribution in [0.25, 0.3) is 0 Å². The minimum atomic E-state index is -0.238. The van der Waals surface area contributed by atoms with Crippen LogP contribution >= 0.6 is 0 Å². The van der Waals surface area contributed by atoms with E-state index in [0.29, 0.717) is 6.54 Å². The molecule has 2 unspecified atom stereocenters. The van der Waals surface area contributed by atoms with E-state index in [2.05, 4.69) is 55.9 Å². The maximum absolute atomic E-state index is 13.3. The van der Waals surface area contributed by atoms with Crippen LogP contribution in [0.5, 0.6) is 0 Å². The number of morpholine rings is 1. The zero-order valence-electron chi connectivity index (χ0n) is 18.6. The molecule has 0 amide bonds. The summed E-state index contributed by atoms with van der Waals surface area (Å²) in [5.74, 6) is 1.64. The molecular formula is C25H30FN5O. The third-order valence-corrected chi connectivity index (χ3v) is 5.64. The lowest BCUT2D eigenvalue weighted by atomic mass is 10.1. The smallest absolute Gasteiger partial charge is 0.193 e. The number of halogens is 1. The Morgan fingerprint density at radius 3 is 2.69 bits per heavy atom. The third-order valence-electron chi connectivity index (χ3n) is 5.64. The summed E-state index contributed by atoms with van der Waals surface area (Å²) in [7, 11) is 1.80. The molecule has 6 nitrogen and oxygen atoms in total. The van der Waals surface area contributed by atoms with E-state index in [4.69, 9.17) is 4.74 Å². The second-order valence-corrected chi connectivity index (χ2v) is 8.07. The van der Waals surface area contributed by atoms with Crippen molar-refractivity contribution in [1.82, 2.24) is 19.8 Å². The van der Waals surface area contributed by atoms with Gasteiger partial charge in [0.15, 0.2) is 5.96 Å². The molecule has 0 bridgehead atoms. The Bertz CT molecular complexity index is 1020. The zero-order valence-corrected chi connectivity index (χ0v) is 18.6. The predicted molar refractivity (Wildman–Crippen MR) is 124 cm³/mol. The van der Waals surface area contributed by atoms with Crippen LogP contribution in [0.2, 0.25) is 0 Å². The van der Waals surface area contributed by atoms with Crippen molar-refractivity contribution in [2.45, 2.75) is 32.1 Å². The van der Waals surface area contributed by atoms with Crippen LogP contribution in [-0.2, 0) is 17.7 Å². The van der Waals surface area contributed by atoms with Crippen molar-refractivity contribution in [1.29, 1.82) is 0 Å². The molecular weight excluding hydrogens is 405 g/mol. The monoisotopic (exact) mass is 435 g/mol. The molecule has 2 atom stereocenters. The summed E-state index contributed by atoms with van der Waals surface area (Å²) in [6.45, 7) is 5.01. The Labute approximate surface area is 188 Å². The Balaban J connectivity index is 1.35. The largest absolute Gasteiger partial charge is 0.367 e. The summed E-state index contributed by atoms with van der Waals surface area (Å²) in [4.78, 5) is 11.2. The molecule has 1 aliphatic rings. The van der Waals surface area contributed by atoms with Crippen LogP contribution in [0.1, 0.15) is 30.0 Å². The maximum atomic E-state index is 13.3. The molecule has 168 valence electrons. The maximum Gasteiger partial charge on any atom is 0.193 e. The average molecular weight is 436 g/mol. The molecule has 2 heterocycles. The van der Waals surface area contributed by atoms with Gasteiger partial charge >= 0.3 is 0 Å². The molecule has 0 radical (unpaired) electrons. The number of aromatic nitrogens is 2. The van der Waals surface area contributed by atoms with Crippen LogP contribution in [0.3, 0.4) is 0 Å². The van der Waals surface area contributed by atoms with Gasteiger partial charge in [0.2, 0.25) is 0 Å². The summed E-state index contributed by atoms with van der Waals surface area (Å²) in [6.07, 6.45) is 4.59. The van der Waals surface area contributed by atoms with Crippen molar-refractivity contribution in [2.24, 2.45) is 4.99 Å². The number of imidazole rings is 1. The second kappa shape index (κ2) is 10.4. The quantitative estimate of drug-likeness (QED) is 0.474. The topological polar surface area (TPSA) is 54.7 Å². The number of guanidine groups is 1. The van der Waals surface area contributed by atoms with Gasteiger partial charge in [0, 0.05) is 45.5 Å². The molecule has 1 saturated heterocycles. The molecule has 1 aromatic heterocycles. The molecule has 2 aromatic carbocycles. The van der Waals surface area contributed by atoms with Crippen LogP contribution in [0.4, 0.5) is 4.39 Å². The Hall–Kier alpha value is -3.19. The highest BCUT2D eigenvalue weighted by Crippen LogP contribution is 2.25. The first-order chi connectivity index (χ1) is 15.6. The van der Waals surface area contributed by atoms with Gasteiger partial charge in [-0.05, 0) is 30.2 Å². The number of ether oxygens (including phenoxy) is 1. The van der Waals surface area contributed by atoms with Crippen molar-refractivity contribution in [3.8, 4) is 0 Å². The van der Waals surface area contributed by atoms with Gasteiger partial charge in [-0.2, -0.15) is 0 Å². The van der Waals surface area contributed by atoms with Gasteiger partial charge in [0.05, 0.1) is 12.6 Å². The minimum Gasteiger partial charge on any atom is -0.367 e. The summed E-state index contributed by atoms with van der Waals surface area (Å²) >= 11 is 0. The van der Waals surface area contributed by atoms with E-state index in [1.165, 1.54) is 17.7 Å². The SMILES string of the molecule is CN=C(NCCc1nccn1Cc1ccccc1)N1CC(C)OC(c2ccc(F)cc2)C1. The van der Waals surface area contributed by atoms with Crippen molar-refractivity contribution in [3.05, 3.63) is 89.8 Å². The standard InChI is InChI=1S/C25H30FN5O/c1-19-16-31(18-23(32-19)21-8-10-22(26)11-9-21)25(27-2)29-13-12-24-28-14-15-30(24)17-20-6-4-3-5-7-20/h3-11,14-15,19,23H,12-13,16-18H2,1-2H3,(H,27,29). The lowest BCUT2D eigenvalue weighted by Gasteiger charge is -2.38. The number of hydrogen-bond acceptors (Lipinski definition) is 3. The normalized spacial score (nSPS) is 19.2. The Kier molecular flexibility index (Phi) is 7.17. The molecule has 0 aliphatic carbocycles. The summed E-state index contributed by atoms with van der Waals surface area (Å²) in [5, 5.41) is 3.48. The van der Waals surface area contributed by atoms with E-state index in [-0.39, 0.29) is 18.0 Å². The first kappa shape index (κ1) is 22.0. The predicted octanol–water partition coefficient (Wildman–Crippen LogP) is 3.65. The van der Waals surface area contributed by atoms with Crippen molar-refractivity contribution >= 4 is 5.96 Å². The Morgan fingerprint density at radius 1 is 1.16 bits per heavy atom. The molecule has 7 heteroatoms. The van der Waals surface area contributed by atoms with Crippen molar-refractivity contribution < 1.29 is 9.13 Å². The third kappa shape index (κ3) is 5.53. The number of nitrogens with one attached hydrogen (secondary N) is 1. The van der Waals surface area contributed by atoms with Crippen LogP contribution in [0, 0.1) is 5.82 Å². The van der Waals surface area contributed by atoms with Crippen LogP contribution in [-0.4, -0.2) is 53.2 Å². The van der Waals surface area contributed by atoms with E-state index in [0.717, 1.165) is 43.4 Å². The molecule has 4 rings (SSSR count). The van der Waals surface area contributed by atoms with Gasteiger partial charge in [-0.25, -0.2) is 9.37 Å². The Morgan fingerprint density at radius 2 is 1.94 bits per heavy atom. The van der Waals surface area contributed by atoms with Gasteiger partial charge in [-0.1, -0.05) is 42.5 Å². The fraction of sp³-hybridized carbons (Fsp3) is 0.360. The van der Waals surface area contributed by atoms with Crippen LogP contribution < -0.4 is 5.32 Å². The van der Waals surface area contributed by atoms with E-state index in [1.54, 1.807) is 19.2 Å². The molecule has 1 aliphatic heterocycles. The molecule has 1 fully saturated rings. The van der Waals surface area contributed by atoms with Gasteiger partial charge in [0.1, 0.15) is 17.7 Å². The fourth-order valence-electron chi connectivity index (χ4n) is 4.10. The van der Waals surface area contributed by atoms with E-state index >= 15 is 0 Å². The summed E-state index contributed by atoms with van der Waals surface area (Å²) < 4.78 is 21.6. The van der Waals surface area contributed by atoms with Crippen molar-refractivity contribution in [2.75, 3.05) is 26.7 Å². The lowest BCUT2D eigenvalue weighted by Crippen LogP contribution is -2.51. The first-order valence-corrected chi connectivity index (χ1v) is 11.0. The van der Waals surface area contributed by atoms with Crippen LogP contribution in [0.15, 0.2) is 72.0 Å². The van der Waals surface area contributed by atoms with E-state index in [1.807, 2.05) is 18.5 Å². The van der Waals surface area contributed by atoms with Gasteiger partial charge < -0.3 is 19.5 Å². The highest BCUT2D eigenvalue weighted by Gasteiger charge is 2.28. The molecule has 1 N–H and O–H groups in total. The number of rotatable bonds is 6. The molecule has 0 saturated carbocycles. The zero-order chi connectivity index (χ0) is 22.3. The van der Waals surface area contributed by atoms with Gasteiger partial charge in [-0.3, -0.25) is 4.99 Å². The van der Waals surface area contributed by atoms with Gasteiger partial charge in [0.25, 0.3) is 0 Å². The van der Waals surface area contributed by atoms with Crippen molar-refractivity contribution in [3.63, 3.8) is 0 Å². The highest BCUT2D eigenvalue weighted by molar-refractivity contribution is 5.80. The first-order valence-electron chi connectivity index (χ1n) is 11.0. The van der Waals surface area contributed by atoms with E-state index < -0.39 is 0 Å². The number of nitrogens with zero attached hydrogens (tertiary/aromatic N) is 4. The summed E-state index contributed by atoms with van der Waals surface area (Å²) in [5.41, 5.74) is 2.23. The second-order valence-electron chi connectivity index (χ2n) is 8.07. The molecule has 3 aromatic rings. The average Bonchev–Trinajstić information content (AvgIpc) is 3.24. The number of aliphatic imine (C=N–C) groups is 1. The number of hydrogen-bond donors (Lipinski definition) is 1. The lowest BCUT2D eigenvalue weighted by molar-refractivity contribution is -0.0604. The van der Waals surface area contributed by atoms with E-state index in [9.17, 15) is 4.39 Å². The fourth-order valence-corrected chi connectivity index (χ4v) is 4.10.